The van der Waals surface area contributed by atoms with Crippen LogP contribution in [-0.2, 0) is 0 Å². The molecule has 0 bridgehead atoms. The van der Waals surface area contributed by atoms with Gasteiger partial charge in [0.05, 0.1) is 0 Å². The van der Waals surface area contributed by atoms with E-state index in [4.69, 9.17) is 0 Å². The summed E-state index contributed by atoms with van der Waals surface area (Å²) in [5.74, 6) is 0. The molecule has 0 aliphatic carbocycles. The molecular weight excluding hydrogens is 256 g/mol. The summed E-state index contributed by atoms with van der Waals surface area (Å²) in [6.45, 7) is 8.28. The van der Waals surface area contributed by atoms with Gasteiger partial charge in [0.15, 0.2) is 0 Å². The monoisotopic (exact) mass is 278 g/mol. The number of hydrogen-bond acceptors (Lipinski definition) is 2. The summed E-state index contributed by atoms with van der Waals surface area (Å²) in [6, 6.07) is 8.05. The molecule has 21 heavy (non-hydrogen) atoms. The van der Waals surface area contributed by atoms with Gasteiger partial charge in [-0.25, -0.2) is 0 Å². The van der Waals surface area contributed by atoms with Crippen LogP contribution in [0.4, 0.5) is 0 Å². The van der Waals surface area contributed by atoms with Crippen LogP contribution in [0.3, 0.4) is 0 Å². The zero-order chi connectivity index (χ0) is 14.9. The highest BCUT2D eigenvalue weighted by atomic mass is 14.6. The molecule has 0 N–H and O–H groups in total. The van der Waals surface area contributed by atoms with Crippen LogP contribution in [0.25, 0.3) is 11.1 Å². The predicted molar refractivity (Wildman–Crippen MR) is 89.6 cm³/mol. The average molecular weight is 278 g/mol. The van der Waals surface area contributed by atoms with Crippen LogP contribution in [-0.4, -0.2) is 9.97 Å². The number of nitrogens with zero attached hydrogens (tertiary/aromatic N) is 2. The van der Waals surface area contributed by atoms with Gasteiger partial charge >= 0.3 is 0 Å². The third-order valence-electron chi connectivity index (χ3n) is 3.60. The van der Waals surface area contributed by atoms with E-state index in [1.807, 2.05) is 24.5 Å². The molecule has 2 aromatic rings. The van der Waals surface area contributed by atoms with Gasteiger partial charge in [0.2, 0.25) is 0 Å². The van der Waals surface area contributed by atoms with Gasteiger partial charge in [0, 0.05) is 24.8 Å². The van der Waals surface area contributed by atoms with Gasteiger partial charge in [-0.3, -0.25) is 9.97 Å². The minimum Gasteiger partial charge on any atom is -0.264 e. The van der Waals surface area contributed by atoms with Crippen LogP contribution in [0.1, 0.15) is 43.2 Å². The van der Waals surface area contributed by atoms with Gasteiger partial charge in [-0.1, -0.05) is 31.7 Å². The van der Waals surface area contributed by atoms with Crippen molar-refractivity contribution in [3.8, 4) is 0 Å². The largest absolute Gasteiger partial charge is 0.264 e. The Morgan fingerprint density at radius 1 is 0.762 bits per heavy atom. The summed E-state index contributed by atoms with van der Waals surface area (Å²) in [5, 5.41) is 0. The van der Waals surface area contributed by atoms with Crippen molar-refractivity contribution in [2.45, 2.75) is 32.1 Å². The molecule has 0 saturated heterocycles. The topological polar surface area (TPSA) is 25.8 Å². The first-order chi connectivity index (χ1) is 10.3. The van der Waals surface area contributed by atoms with Crippen molar-refractivity contribution >= 4 is 11.1 Å². The number of aromatic nitrogens is 2. The van der Waals surface area contributed by atoms with Crippen LogP contribution in [0.2, 0.25) is 0 Å². The van der Waals surface area contributed by atoms with Crippen LogP contribution in [0, 0.1) is 0 Å². The molecule has 0 saturated carbocycles. The summed E-state index contributed by atoms with van der Waals surface area (Å²) < 4.78 is 0. The quantitative estimate of drug-likeness (QED) is 0.624. The molecule has 0 atom stereocenters. The lowest BCUT2D eigenvalue weighted by atomic mass is 9.99. The molecule has 2 heterocycles. The Morgan fingerprint density at radius 3 is 1.62 bits per heavy atom. The Morgan fingerprint density at radius 2 is 1.24 bits per heavy atom. The molecule has 0 aliphatic heterocycles. The van der Waals surface area contributed by atoms with Gasteiger partial charge < -0.3 is 0 Å². The normalized spacial score (nSPS) is 10.3. The van der Waals surface area contributed by atoms with Crippen molar-refractivity contribution < 1.29 is 0 Å². The Hall–Kier alpha value is -2.22. The molecule has 2 nitrogen and oxygen atoms in total. The van der Waals surface area contributed by atoms with E-state index in [2.05, 4.69) is 35.3 Å². The summed E-state index contributed by atoms with van der Waals surface area (Å²) >= 11 is 0. The molecule has 2 heteroatoms. The fraction of sp³-hybridized carbons (Fsp3) is 0.263. The third-order valence-corrected chi connectivity index (χ3v) is 3.60. The number of unbranched alkanes of at least 4 members (excludes halogenated alkanes) is 2. The smallest absolute Gasteiger partial charge is 0.0342 e. The van der Waals surface area contributed by atoms with E-state index in [-0.39, 0.29) is 0 Å². The number of hydrogen-bond donors (Lipinski definition) is 0. The Labute approximate surface area is 127 Å². The van der Waals surface area contributed by atoms with E-state index < -0.39 is 0 Å². The first-order valence-corrected chi connectivity index (χ1v) is 7.44. The van der Waals surface area contributed by atoms with E-state index in [1.165, 1.54) is 17.6 Å². The molecule has 0 radical (unpaired) electrons. The van der Waals surface area contributed by atoms with Crippen LogP contribution < -0.4 is 0 Å². The second-order valence-electron chi connectivity index (χ2n) is 5.25. The minimum atomic E-state index is 1.03. The highest BCUT2D eigenvalue weighted by Crippen LogP contribution is 2.21. The second-order valence-corrected chi connectivity index (χ2v) is 5.25. The van der Waals surface area contributed by atoms with Crippen LogP contribution >= 0.6 is 0 Å². The third kappa shape index (κ3) is 4.99. The molecule has 108 valence electrons. The van der Waals surface area contributed by atoms with Crippen molar-refractivity contribution in [2.24, 2.45) is 0 Å². The maximum absolute atomic E-state index is 4.14. The Bertz CT molecular complexity index is 520. The number of allylic oxidation sites excluding steroid dienone is 2. The minimum absolute atomic E-state index is 1.03. The van der Waals surface area contributed by atoms with Gasteiger partial charge in [-0.2, -0.15) is 0 Å². The zero-order valence-corrected chi connectivity index (χ0v) is 12.5. The fourth-order valence-corrected chi connectivity index (χ4v) is 2.29. The van der Waals surface area contributed by atoms with Gasteiger partial charge in [-0.15, -0.1) is 0 Å². The van der Waals surface area contributed by atoms with Crippen molar-refractivity contribution in [3.05, 3.63) is 73.3 Å². The molecule has 0 fully saturated rings. The second kappa shape index (κ2) is 8.15. The predicted octanol–water partition coefficient (Wildman–Crippen LogP) is 5.15. The SMILES string of the molecule is C=C(CCCCCC(=C)c1cccnc1)c1cccnc1. The summed E-state index contributed by atoms with van der Waals surface area (Å²) in [7, 11) is 0. The van der Waals surface area contributed by atoms with Crippen molar-refractivity contribution in [2.75, 3.05) is 0 Å². The average Bonchev–Trinajstić information content (AvgIpc) is 2.55. The fourth-order valence-electron chi connectivity index (χ4n) is 2.29. The lowest BCUT2D eigenvalue weighted by Gasteiger charge is -2.07. The molecule has 0 amide bonds. The molecule has 0 spiro atoms. The molecule has 0 aliphatic rings. The zero-order valence-electron chi connectivity index (χ0n) is 12.5. The van der Waals surface area contributed by atoms with Crippen molar-refractivity contribution in [1.29, 1.82) is 0 Å². The van der Waals surface area contributed by atoms with Crippen molar-refractivity contribution in [3.63, 3.8) is 0 Å². The summed E-state index contributed by atoms with van der Waals surface area (Å²) in [6.07, 6.45) is 12.9. The molecule has 2 aromatic heterocycles. The highest BCUT2D eigenvalue weighted by Gasteiger charge is 2.01. The van der Waals surface area contributed by atoms with E-state index in [9.17, 15) is 0 Å². The van der Waals surface area contributed by atoms with Gasteiger partial charge in [0.1, 0.15) is 0 Å². The number of rotatable bonds is 8. The van der Waals surface area contributed by atoms with E-state index in [1.54, 1.807) is 12.4 Å². The van der Waals surface area contributed by atoms with E-state index in [0.29, 0.717) is 0 Å². The van der Waals surface area contributed by atoms with E-state index >= 15 is 0 Å². The van der Waals surface area contributed by atoms with Gasteiger partial charge in [0.25, 0.3) is 0 Å². The standard InChI is InChI=1S/C19H22N2/c1-16(18-10-6-12-20-14-18)8-4-3-5-9-17(2)19-11-7-13-21-15-19/h6-7,10-15H,1-5,8-9H2. The van der Waals surface area contributed by atoms with E-state index in [0.717, 1.165) is 36.8 Å². The van der Waals surface area contributed by atoms with Crippen molar-refractivity contribution in [1.82, 2.24) is 9.97 Å². The first-order valence-electron chi connectivity index (χ1n) is 7.44. The lowest BCUT2D eigenvalue weighted by molar-refractivity contribution is 0.706. The van der Waals surface area contributed by atoms with Crippen LogP contribution in [0.5, 0.6) is 0 Å². The lowest BCUT2D eigenvalue weighted by Crippen LogP contribution is -1.87. The molecule has 0 unspecified atom stereocenters. The molecular formula is C19H22N2. The maximum atomic E-state index is 4.14. The number of pyridine rings is 2. The Kier molecular flexibility index (Phi) is 5.89. The molecule has 0 aromatic carbocycles. The first kappa shape index (κ1) is 15.2. The maximum Gasteiger partial charge on any atom is 0.0342 e. The van der Waals surface area contributed by atoms with Crippen LogP contribution in [0.15, 0.2) is 62.2 Å². The molecule has 2 rings (SSSR count). The summed E-state index contributed by atoms with van der Waals surface area (Å²) in [4.78, 5) is 8.26. The summed E-state index contributed by atoms with van der Waals surface area (Å²) in [5.41, 5.74) is 4.65. The highest BCUT2D eigenvalue weighted by molar-refractivity contribution is 5.62. The Balaban J connectivity index is 1.64. The van der Waals surface area contributed by atoms with Gasteiger partial charge in [-0.05, 0) is 60.1 Å².